The Hall–Kier alpha value is -1.98. The molecule has 0 spiro atoms. The molecule has 134 valence electrons. The van der Waals surface area contributed by atoms with Crippen LogP contribution in [0.3, 0.4) is 0 Å². The smallest absolute Gasteiger partial charge is 0.322 e. The third kappa shape index (κ3) is 3.39. The number of carboxylic acid groups (broad SMARTS) is 1. The Labute approximate surface area is 145 Å². The highest BCUT2D eigenvalue weighted by Gasteiger charge is 2.50. The Morgan fingerprint density at radius 3 is 2.76 bits per heavy atom. The van der Waals surface area contributed by atoms with E-state index in [1.54, 1.807) is 6.07 Å². The van der Waals surface area contributed by atoms with Crippen molar-refractivity contribution in [2.75, 3.05) is 0 Å². The van der Waals surface area contributed by atoms with Crippen molar-refractivity contribution in [3.8, 4) is 6.07 Å². The van der Waals surface area contributed by atoms with Gasteiger partial charge in [-0.15, -0.1) is 0 Å². The normalized spacial score (nSPS) is 26.8. The molecular weight excluding hydrogens is 347 g/mol. The van der Waals surface area contributed by atoms with E-state index in [1.807, 2.05) is 0 Å². The number of halogens is 1. The fraction of sp³-hybridized carbons (Fsp3) is 0.529. The average molecular weight is 366 g/mol. The molecule has 1 aromatic rings. The van der Waals surface area contributed by atoms with Crippen molar-refractivity contribution in [3.63, 3.8) is 0 Å². The molecule has 2 fully saturated rings. The fourth-order valence-electron chi connectivity index (χ4n) is 4.08. The monoisotopic (exact) mass is 366 g/mol. The Morgan fingerprint density at radius 2 is 2.08 bits per heavy atom. The third-order valence-electron chi connectivity index (χ3n) is 5.17. The molecule has 1 heterocycles. The van der Waals surface area contributed by atoms with Crippen molar-refractivity contribution in [1.82, 2.24) is 4.31 Å². The van der Waals surface area contributed by atoms with Crippen LogP contribution >= 0.6 is 0 Å². The number of hydrogen-bond acceptors (Lipinski definition) is 4. The predicted octanol–water partition coefficient (Wildman–Crippen LogP) is 2.24. The zero-order chi connectivity index (χ0) is 18.2. The van der Waals surface area contributed by atoms with Gasteiger partial charge in [-0.25, -0.2) is 12.8 Å². The number of aliphatic carboxylic acids is 1. The van der Waals surface area contributed by atoms with E-state index in [-0.39, 0.29) is 23.1 Å². The van der Waals surface area contributed by atoms with Gasteiger partial charge in [0.1, 0.15) is 11.9 Å². The summed E-state index contributed by atoms with van der Waals surface area (Å²) in [4.78, 5) is 11.6. The molecule has 25 heavy (non-hydrogen) atoms. The number of nitrogens with zero attached hydrogens (tertiary/aromatic N) is 2. The van der Waals surface area contributed by atoms with Crippen molar-refractivity contribution in [3.05, 3.63) is 35.1 Å². The highest BCUT2D eigenvalue weighted by atomic mass is 32.2. The van der Waals surface area contributed by atoms with Gasteiger partial charge in [0.2, 0.25) is 10.0 Å². The molecule has 0 amide bonds. The Kier molecular flexibility index (Phi) is 4.80. The number of rotatable bonds is 4. The van der Waals surface area contributed by atoms with Crippen molar-refractivity contribution in [2.24, 2.45) is 5.92 Å². The van der Waals surface area contributed by atoms with Crippen LogP contribution in [0.4, 0.5) is 4.39 Å². The first-order valence-electron chi connectivity index (χ1n) is 8.26. The molecule has 1 aliphatic heterocycles. The summed E-state index contributed by atoms with van der Waals surface area (Å²) >= 11 is 0. The molecule has 3 atom stereocenters. The number of nitriles is 1. The van der Waals surface area contributed by atoms with Gasteiger partial charge < -0.3 is 5.11 Å². The fourth-order valence-corrected chi connectivity index (χ4v) is 6.13. The summed E-state index contributed by atoms with van der Waals surface area (Å²) in [6.07, 6.45) is 3.67. The summed E-state index contributed by atoms with van der Waals surface area (Å²) < 4.78 is 40.4. The van der Waals surface area contributed by atoms with Gasteiger partial charge >= 0.3 is 5.97 Å². The third-order valence-corrected chi connectivity index (χ3v) is 7.01. The lowest BCUT2D eigenvalue weighted by Crippen LogP contribution is -2.46. The molecule has 1 saturated carbocycles. The second kappa shape index (κ2) is 6.73. The van der Waals surface area contributed by atoms with Crippen LogP contribution in [0.2, 0.25) is 0 Å². The first-order valence-corrected chi connectivity index (χ1v) is 9.87. The lowest BCUT2D eigenvalue weighted by atomic mass is 9.85. The summed E-state index contributed by atoms with van der Waals surface area (Å²) in [6, 6.07) is 3.81. The zero-order valence-electron chi connectivity index (χ0n) is 13.6. The minimum atomic E-state index is -3.94. The van der Waals surface area contributed by atoms with E-state index >= 15 is 0 Å². The molecule has 3 unspecified atom stereocenters. The number of carboxylic acids is 1. The van der Waals surface area contributed by atoms with E-state index in [0.717, 1.165) is 35.7 Å². The summed E-state index contributed by atoms with van der Waals surface area (Å²) in [5.41, 5.74) is 0.141. The number of hydrogen-bond donors (Lipinski definition) is 1. The number of carbonyl (C=O) groups is 1. The van der Waals surface area contributed by atoms with Gasteiger partial charge in [-0.05, 0) is 42.9 Å². The standard InChI is InChI=1S/C17H19FN2O4S/c18-14-6-5-12(13(7-14)9-19)10-25(23,24)20-15-4-2-1-3-11(15)8-16(20)17(21)22/h5-7,11,15-16H,1-4,8,10H2,(H,21,22). The second-order valence-electron chi connectivity index (χ2n) is 6.70. The van der Waals surface area contributed by atoms with Crippen molar-refractivity contribution < 1.29 is 22.7 Å². The van der Waals surface area contributed by atoms with E-state index in [2.05, 4.69) is 0 Å². The van der Waals surface area contributed by atoms with Gasteiger partial charge in [0.15, 0.2) is 0 Å². The second-order valence-corrected chi connectivity index (χ2v) is 8.58. The molecule has 1 aromatic carbocycles. The maximum absolute atomic E-state index is 13.3. The Morgan fingerprint density at radius 1 is 1.36 bits per heavy atom. The molecule has 8 heteroatoms. The summed E-state index contributed by atoms with van der Waals surface area (Å²) in [6.45, 7) is 0. The minimum Gasteiger partial charge on any atom is -0.480 e. The van der Waals surface area contributed by atoms with Crippen LogP contribution in [0, 0.1) is 23.1 Å². The molecule has 3 rings (SSSR count). The van der Waals surface area contributed by atoms with Crippen LogP contribution < -0.4 is 0 Å². The number of fused-ring (bicyclic) bond motifs is 1. The van der Waals surface area contributed by atoms with E-state index < -0.39 is 33.6 Å². The lowest BCUT2D eigenvalue weighted by molar-refractivity contribution is -0.141. The van der Waals surface area contributed by atoms with Crippen LogP contribution in [0.1, 0.15) is 43.2 Å². The molecule has 0 bridgehead atoms. The largest absolute Gasteiger partial charge is 0.480 e. The predicted molar refractivity (Wildman–Crippen MR) is 87.4 cm³/mol. The maximum Gasteiger partial charge on any atom is 0.322 e. The zero-order valence-corrected chi connectivity index (χ0v) is 14.4. The van der Waals surface area contributed by atoms with E-state index in [0.29, 0.717) is 12.8 Å². The number of sulfonamides is 1. The van der Waals surface area contributed by atoms with E-state index in [1.165, 1.54) is 6.07 Å². The van der Waals surface area contributed by atoms with E-state index in [4.69, 9.17) is 5.26 Å². The van der Waals surface area contributed by atoms with Crippen LogP contribution in [-0.2, 0) is 20.6 Å². The van der Waals surface area contributed by atoms with Gasteiger partial charge in [-0.3, -0.25) is 4.79 Å². The lowest BCUT2D eigenvalue weighted by Gasteiger charge is -2.32. The Balaban J connectivity index is 1.95. The molecule has 1 saturated heterocycles. The van der Waals surface area contributed by atoms with Crippen LogP contribution in [-0.4, -0.2) is 35.9 Å². The summed E-state index contributed by atoms with van der Waals surface area (Å²) in [5, 5.41) is 18.6. The topological polar surface area (TPSA) is 98.5 Å². The van der Waals surface area contributed by atoms with Gasteiger partial charge in [0.05, 0.1) is 17.4 Å². The Bertz CT molecular complexity index is 834. The molecule has 6 nitrogen and oxygen atoms in total. The number of benzene rings is 1. The van der Waals surface area contributed by atoms with Crippen molar-refractivity contribution in [1.29, 1.82) is 5.26 Å². The van der Waals surface area contributed by atoms with Gasteiger partial charge in [-0.1, -0.05) is 18.9 Å². The van der Waals surface area contributed by atoms with Crippen LogP contribution in [0.15, 0.2) is 18.2 Å². The summed E-state index contributed by atoms with van der Waals surface area (Å²) in [7, 11) is -3.94. The highest BCUT2D eigenvalue weighted by molar-refractivity contribution is 7.88. The van der Waals surface area contributed by atoms with Crippen molar-refractivity contribution in [2.45, 2.75) is 49.9 Å². The maximum atomic E-state index is 13.3. The molecule has 0 radical (unpaired) electrons. The quantitative estimate of drug-likeness (QED) is 0.881. The van der Waals surface area contributed by atoms with Crippen LogP contribution in [0.25, 0.3) is 0 Å². The first kappa shape index (κ1) is 17.8. The molecule has 1 N–H and O–H groups in total. The van der Waals surface area contributed by atoms with Gasteiger partial charge in [-0.2, -0.15) is 9.57 Å². The molecular formula is C17H19FN2O4S. The highest BCUT2D eigenvalue weighted by Crippen LogP contribution is 2.42. The van der Waals surface area contributed by atoms with Gasteiger partial charge in [0.25, 0.3) is 0 Å². The summed E-state index contributed by atoms with van der Waals surface area (Å²) in [5.74, 6) is -2.19. The van der Waals surface area contributed by atoms with E-state index in [9.17, 15) is 22.7 Å². The van der Waals surface area contributed by atoms with Crippen LogP contribution in [0.5, 0.6) is 0 Å². The SMILES string of the molecule is N#Cc1cc(F)ccc1CS(=O)(=O)N1C(C(=O)O)CC2CCCCC21. The minimum absolute atomic E-state index is 0.0464. The average Bonchev–Trinajstić information content (AvgIpc) is 2.97. The first-order chi connectivity index (χ1) is 11.8. The molecule has 1 aliphatic carbocycles. The molecule has 2 aliphatic rings. The van der Waals surface area contributed by atoms with Gasteiger partial charge in [0, 0.05) is 6.04 Å². The molecule has 0 aromatic heterocycles. The van der Waals surface area contributed by atoms with Crippen molar-refractivity contribution >= 4 is 16.0 Å².